The summed E-state index contributed by atoms with van der Waals surface area (Å²) in [6.07, 6.45) is 20.1. The zero-order valence-corrected chi connectivity index (χ0v) is 18.6. The van der Waals surface area contributed by atoms with Gasteiger partial charge in [-0.2, -0.15) is 0 Å². The van der Waals surface area contributed by atoms with E-state index in [0.717, 1.165) is 43.6 Å². The molecule has 0 radical (unpaired) electrons. The fourth-order valence-electron chi connectivity index (χ4n) is 7.61. The molecule has 4 rings (SSSR count). The summed E-state index contributed by atoms with van der Waals surface area (Å²) >= 11 is 0. The molecule has 0 aromatic carbocycles. The Morgan fingerprint density at radius 2 is 1.86 bits per heavy atom. The Bertz CT molecular complexity index is 595. The van der Waals surface area contributed by atoms with Crippen LogP contribution in [0.1, 0.15) is 97.8 Å². The molecular formula is C26H42O2. The Morgan fingerprint density at radius 3 is 2.68 bits per heavy atom. The largest absolute Gasteiger partial charge is 0.374 e. The lowest BCUT2D eigenvalue weighted by Crippen LogP contribution is -2.52. The summed E-state index contributed by atoms with van der Waals surface area (Å²) < 4.78 is 6.26. The smallest absolute Gasteiger partial charge is 0.139 e. The van der Waals surface area contributed by atoms with Crippen LogP contribution >= 0.6 is 0 Å². The molecule has 0 N–H and O–H groups in total. The van der Waals surface area contributed by atoms with Crippen molar-refractivity contribution in [3.63, 3.8) is 0 Å². The van der Waals surface area contributed by atoms with E-state index >= 15 is 0 Å². The minimum Gasteiger partial charge on any atom is -0.374 e. The van der Waals surface area contributed by atoms with Crippen LogP contribution in [0.15, 0.2) is 12.2 Å². The molecule has 7 atom stereocenters. The van der Waals surface area contributed by atoms with Gasteiger partial charge in [-0.05, 0) is 74.0 Å². The van der Waals surface area contributed by atoms with Gasteiger partial charge < -0.3 is 4.74 Å². The van der Waals surface area contributed by atoms with Gasteiger partial charge in [-0.3, -0.25) is 4.79 Å². The average molecular weight is 387 g/mol. The second kappa shape index (κ2) is 8.25. The highest BCUT2D eigenvalue weighted by molar-refractivity contribution is 5.87. The van der Waals surface area contributed by atoms with Gasteiger partial charge in [0, 0.05) is 18.4 Å². The third-order valence-electron chi connectivity index (χ3n) is 9.44. The summed E-state index contributed by atoms with van der Waals surface area (Å²) in [5, 5.41) is 0. The maximum absolute atomic E-state index is 12.6. The van der Waals surface area contributed by atoms with Crippen LogP contribution in [0, 0.1) is 34.5 Å². The Morgan fingerprint density at radius 1 is 1.04 bits per heavy atom. The third-order valence-corrected chi connectivity index (χ3v) is 9.44. The quantitative estimate of drug-likeness (QED) is 0.358. The van der Waals surface area contributed by atoms with Crippen LogP contribution < -0.4 is 0 Å². The highest BCUT2D eigenvalue weighted by Gasteiger charge is 2.59. The highest BCUT2D eigenvalue weighted by atomic mass is 16.5. The first-order chi connectivity index (χ1) is 13.5. The molecule has 28 heavy (non-hydrogen) atoms. The molecule has 0 aliphatic heterocycles. The number of carbonyl (C=O) groups excluding carboxylic acids is 1. The van der Waals surface area contributed by atoms with Crippen LogP contribution in [0.5, 0.6) is 0 Å². The van der Waals surface area contributed by atoms with Crippen LogP contribution in [0.3, 0.4) is 0 Å². The standard InChI is InChI=1S/C26H42O2/c1-4-5-6-7-8-17-28-20-13-15-25(2)19(18-20)9-10-21-22-11-12-24(27)26(22,3)16-14-23(21)25/h13,15,19-23H,4-12,14,16-18H2,1-3H3/t19-,20-,21-,22-,23-,25-,26-/m0/s1. The molecule has 2 nitrogen and oxygen atoms in total. The molecule has 0 spiro atoms. The lowest BCUT2D eigenvalue weighted by atomic mass is 9.46. The summed E-state index contributed by atoms with van der Waals surface area (Å²) in [6, 6.07) is 0. The van der Waals surface area contributed by atoms with E-state index in [1.54, 1.807) is 0 Å². The van der Waals surface area contributed by atoms with Crippen molar-refractivity contribution in [2.75, 3.05) is 6.61 Å². The number of carbonyl (C=O) groups is 1. The van der Waals surface area contributed by atoms with Crippen LogP contribution in [-0.4, -0.2) is 18.5 Å². The van der Waals surface area contributed by atoms with Crippen molar-refractivity contribution in [1.29, 1.82) is 0 Å². The van der Waals surface area contributed by atoms with E-state index in [2.05, 4.69) is 32.9 Å². The summed E-state index contributed by atoms with van der Waals surface area (Å²) in [6.45, 7) is 8.02. The van der Waals surface area contributed by atoms with Gasteiger partial charge in [0.1, 0.15) is 5.78 Å². The molecule has 4 aliphatic rings. The molecule has 0 heterocycles. The number of fused-ring (bicyclic) bond motifs is 5. The van der Waals surface area contributed by atoms with Crippen molar-refractivity contribution in [3.8, 4) is 0 Å². The molecule has 4 aliphatic carbocycles. The van der Waals surface area contributed by atoms with Gasteiger partial charge in [-0.1, -0.05) is 58.6 Å². The number of ketones is 1. The Balaban J connectivity index is 1.37. The maximum Gasteiger partial charge on any atom is 0.139 e. The average Bonchev–Trinajstić information content (AvgIpc) is 2.99. The van der Waals surface area contributed by atoms with Crippen molar-refractivity contribution < 1.29 is 9.53 Å². The number of unbranched alkanes of at least 4 members (excludes halogenated alkanes) is 4. The maximum atomic E-state index is 12.6. The van der Waals surface area contributed by atoms with Crippen LogP contribution in [0.2, 0.25) is 0 Å². The molecule has 0 saturated heterocycles. The number of rotatable bonds is 7. The zero-order chi connectivity index (χ0) is 19.8. The van der Waals surface area contributed by atoms with E-state index in [1.807, 2.05) is 0 Å². The van der Waals surface area contributed by atoms with Crippen molar-refractivity contribution in [3.05, 3.63) is 12.2 Å². The van der Waals surface area contributed by atoms with Crippen LogP contribution in [-0.2, 0) is 9.53 Å². The van der Waals surface area contributed by atoms with Gasteiger partial charge in [0.25, 0.3) is 0 Å². The first-order valence-electron chi connectivity index (χ1n) is 12.3. The molecular weight excluding hydrogens is 344 g/mol. The minimum atomic E-state index is 0.00612. The van der Waals surface area contributed by atoms with Gasteiger partial charge in [-0.15, -0.1) is 0 Å². The van der Waals surface area contributed by atoms with E-state index in [1.165, 1.54) is 57.8 Å². The molecule has 2 heteroatoms. The van der Waals surface area contributed by atoms with Gasteiger partial charge in [0.15, 0.2) is 0 Å². The van der Waals surface area contributed by atoms with Gasteiger partial charge in [-0.25, -0.2) is 0 Å². The number of Topliss-reactive ketones (excluding diaryl/α,β-unsaturated/α-hetero) is 1. The number of hydrogen-bond acceptors (Lipinski definition) is 2. The number of hydrogen-bond donors (Lipinski definition) is 0. The van der Waals surface area contributed by atoms with Crippen LogP contribution in [0.4, 0.5) is 0 Å². The zero-order valence-electron chi connectivity index (χ0n) is 18.6. The summed E-state index contributed by atoms with van der Waals surface area (Å²) in [5.41, 5.74) is 0.336. The molecule has 3 fully saturated rings. The van der Waals surface area contributed by atoms with E-state index in [0.29, 0.717) is 23.2 Å². The SMILES string of the molecule is CCCCCCCO[C@H]1C=C[C@@]2(C)[C@@H](CC[C@@H]3[C@@H]2CC[C@]2(C)C(=O)CC[C@@H]32)C1. The fourth-order valence-corrected chi connectivity index (χ4v) is 7.61. The first kappa shape index (κ1) is 20.6. The molecule has 3 saturated carbocycles. The Kier molecular flexibility index (Phi) is 6.08. The lowest BCUT2D eigenvalue weighted by Gasteiger charge is -2.58. The Labute approximate surface area is 172 Å². The van der Waals surface area contributed by atoms with Gasteiger partial charge in [0.05, 0.1) is 6.10 Å². The van der Waals surface area contributed by atoms with Crippen molar-refractivity contribution >= 4 is 5.78 Å². The normalized spacial score (nSPS) is 44.8. The van der Waals surface area contributed by atoms with Gasteiger partial charge >= 0.3 is 0 Å². The van der Waals surface area contributed by atoms with E-state index in [9.17, 15) is 4.79 Å². The molecule has 0 unspecified atom stereocenters. The van der Waals surface area contributed by atoms with E-state index < -0.39 is 0 Å². The fraction of sp³-hybridized carbons (Fsp3) is 0.885. The molecule has 0 bridgehead atoms. The highest BCUT2D eigenvalue weighted by Crippen LogP contribution is 2.64. The van der Waals surface area contributed by atoms with E-state index in [-0.39, 0.29) is 5.41 Å². The molecule has 0 aromatic rings. The topological polar surface area (TPSA) is 26.3 Å². The molecule has 158 valence electrons. The second-order valence-electron chi connectivity index (χ2n) is 10.9. The number of ether oxygens (including phenoxy) is 1. The Hall–Kier alpha value is -0.630. The van der Waals surface area contributed by atoms with Crippen LogP contribution in [0.25, 0.3) is 0 Å². The van der Waals surface area contributed by atoms with Gasteiger partial charge in [0.2, 0.25) is 0 Å². The molecule has 0 amide bonds. The monoisotopic (exact) mass is 386 g/mol. The van der Waals surface area contributed by atoms with E-state index in [4.69, 9.17) is 4.74 Å². The molecule has 0 aromatic heterocycles. The number of allylic oxidation sites excluding steroid dienone is 1. The minimum absolute atomic E-state index is 0.00612. The first-order valence-corrected chi connectivity index (χ1v) is 12.3. The second-order valence-corrected chi connectivity index (χ2v) is 10.9. The summed E-state index contributed by atoms with van der Waals surface area (Å²) in [4.78, 5) is 12.6. The predicted octanol–water partition coefficient (Wildman–Crippen LogP) is 6.73. The summed E-state index contributed by atoms with van der Waals surface area (Å²) in [5.74, 6) is 3.54. The third kappa shape index (κ3) is 3.53. The predicted molar refractivity (Wildman–Crippen MR) is 115 cm³/mol. The van der Waals surface area contributed by atoms with Crippen molar-refractivity contribution in [2.24, 2.45) is 34.5 Å². The van der Waals surface area contributed by atoms with Crippen molar-refractivity contribution in [2.45, 2.75) is 104 Å². The lowest BCUT2D eigenvalue weighted by molar-refractivity contribution is -0.135. The summed E-state index contributed by atoms with van der Waals surface area (Å²) in [7, 11) is 0. The van der Waals surface area contributed by atoms with Crippen molar-refractivity contribution in [1.82, 2.24) is 0 Å².